The molecule has 1 saturated carbocycles. The lowest BCUT2D eigenvalue weighted by molar-refractivity contribution is 0.739. The smallest absolute Gasteiger partial charge is 0.191 e. The van der Waals surface area contributed by atoms with Gasteiger partial charge in [-0.05, 0) is 25.7 Å². The molecule has 1 heterocycles. The Bertz CT molecular complexity index is 623. The van der Waals surface area contributed by atoms with Crippen LogP contribution in [0.4, 0.5) is 0 Å². The molecule has 1 aromatic carbocycles. The maximum absolute atomic E-state index is 4.68. The molecule has 0 aliphatic heterocycles. The van der Waals surface area contributed by atoms with E-state index >= 15 is 0 Å². The van der Waals surface area contributed by atoms with Gasteiger partial charge < -0.3 is 10.6 Å². The quantitative estimate of drug-likeness (QED) is 0.406. The number of nitrogens with one attached hydrogen (secondary N) is 2. The van der Waals surface area contributed by atoms with Gasteiger partial charge in [0, 0.05) is 24.0 Å². The number of aromatic nitrogens is 1. The number of guanidine groups is 1. The van der Waals surface area contributed by atoms with Crippen molar-refractivity contribution in [3.63, 3.8) is 0 Å². The summed E-state index contributed by atoms with van der Waals surface area (Å²) >= 11 is 1.67. The van der Waals surface area contributed by atoms with Gasteiger partial charge in [-0.25, -0.2) is 9.98 Å². The summed E-state index contributed by atoms with van der Waals surface area (Å²) < 4.78 is 0. The molecule has 2 N–H and O–H groups in total. The summed E-state index contributed by atoms with van der Waals surface area (Å²) in [7, 11) is 0. The van der Waals surface area contributed by atoms with Gasteiger partial charge >= 0.3 is 0 Å². The Hall–Kier alpha value is -1.15. The van der Waals surface area contributed by atoms with Gasteiger partial charge in [0.25, 0.3) is 0 Å². The van der Waals surface area contributed by atoms with E-state index in [4.69, 9.17) is 0 Å². The van der Waals surface area contributed by atoms with E-state index in [1.807, 2.05) is 18.2 Å². The minimum absolute atomic E-state index is 0. The molecular formula is C17H23IN4S. The lowest BCUT2D eigenvalue weighted by Crippen LogP contribution is -2.38. The van der Waals surface area contributed by atoms with Crippen LogP contribution in [0.1, 0.15) is 24.8 Å². The van der Waals surface area contributed by atoms with Crippen molar-refractivity contribution in [3.8, 4) is 11.3 Å². The third kappa shape index (κ3) is 5.76. The molecule has 1 fully saturated rings. The van der Waals surface area contributed by atoms with E-state index in [0.717, 1.165) is 41.2 Å². The monoisotopic (exact) mass is 442 g/mol. The first-order chi connectivity index (χ1) is 10.8. The van der Waals surface area contributed by atoms with Crippen molar-refractivity contribution >= 4 is 41.3 Å². The van der Waals surface area contributed by atoms with E-state index in [1.165, 1.54) is 12.8 Å². The molecule has 0 unspecified atom stereocenters. The molecule has 6 heteroatoms. The lowest BCUT2D eigenvalue weighted by Gasteiger charge is -2.10. The molecule has 0 bridgehead atoms. The van der Waals surface area contributed by atoms with Gasteiger partial charge in [-0.1, -0.05) is 30.3 Å². The van der Waals surface area contributed by atoms with E-state index in [-0.39, 0.29) is 24.0 Å². The van der Waals surface area contributed by atoms with Gasteiger partial charge in [-0.15, -0.1) is 35.3 Å². The van der Waals surface area contributed by atoms with Gasteiger partial charge in [0.15, 0.2) is 5.96 Å². The molecule has 0 amide bonds. The van der Waals surface area contributed by atoms with Crippen molar-refractivity contribution in [2.45, 2.75) is 26.3 Å². The van der Waals surface area contributed by atoms with Gasteiger partial charge in [0.1, 0.15) is 5.01 Å². The average molecular weight is 442 g/mol. The molecule has 124 valence electrons. The topological polar surface area (TPSA) is 49.3 Å². The second kappa shape index (κ2) is 9.22. The molecule has 23 heavy (non-hydrogen) atoms. The van der Waals surface area contributed by atoms with Crippen LogP contribution >= 0.6 is 35.3 Å². The van der Waals surface area contributed by atoms with E-state index in [9.17, 15) is 0 Å². The Labute approximate surface area is 158 Å². The molecule has 4 nitrogen and oxygen atoms in total. The van der Waals surface area contributed by atoms with Gasteiger partial charge in [-0.2, -0.15) is 0 Å². The highest BCUT2D eigenvalue weighted by molar-refractivity contribution is 14.0. The molecule has 1 aliphatic carbocycles. The highest BCUT2D eigenvalue weighted by atomic mass is 127. The Balaban J connectivity index is 0.00000192. The van der Waals surface area contributed by atoms with E-state index < -0.39 is 0 Å². The molecule has 2 aromatic rings. The minimum atomic E-state index is 0. The number of thiazole rings is 1. The predicted octanol–water partition coefficient (Wildman–Crippen LogP) is 3.89. The molecule has 1 aliphatic rings. The molecular weight excluding hydrogens is 419 g/mol. The largest absolute Gasteiger partial charge is 0.357 e. The maximum Gasteiger partial charge on any atom is 0.191 e. The summed E-state index contributed by atoms with van der Waals surface area (Å²) in [5, 5.41) is 9.84. The zero-order valence-corrected chi connectivity index (χ0v) is 16.4. The summed E-state index contributed by atoms with van der Waals surface area (Å²) in [6.45, 7) is 4.62. The SMILES string of the molecule is CCNC(=NCc1nc(-c2ccccc2)cs1)NCC1CC1.I. The van der Waals surface area contributed by atoms with Gasteiger partial charge in [0.2, 0.25) is 0 Å². The zero-order chi connectivity index (χ0) is 15.2. The van der Waals surface area contributed by atoms with Crippen LogP contribution in [0.15, 0.2) is 40.7 Å². The third-order valence-corrected chi connectivity index (χ3v) is 4.43. The molecule has 0 atom stereocenters. The third-order valence-electron chi connectivity index (χ3n) is 3.59. The van der Waals surface area contributed by atoms with Crippen molar-refractivity contribution in [2.75, 3.05) is 13.1 Å². The number of hydrogen-bond acceptors (Lipinski definition) is 3. The van der Waals surface area contributed by atoms with Crippen molar-refractivity contribution in [1.82, 2.24) is 15.6 Å². The van der Waals surface area contributed by atoms with Crippen LogP contribution in [0.5, 0.6) is 0 Å². The lowest BCUT2D eigenvalue weighted by atomic mass is 10.2. The average Bonchev–Trinajstić information content (AvgIpc) is 3.27. The van der Waals surface area contributed by atoms with Crippen LogP contribution in [0.3, 0.4) is 0 Å². The molecule has 1 aromatic heterocycles. The van der Waals surface area contributed by atoms with Crippen molar-refractivity contribution in [2.24, 2.45) is 10.9 Å². The number of halogens is 1. The first kappa shape index (κ1) is 18.2. The number of rotatable bonds is 6. The fourth-order valence-electron chi connectivity index (χ4n) is 2.18. The zero-order valence-electron chi connectivity index (χ0n) is 13.3. The van der Waals surface area contributed by atoms with Crippen molar-refractivity contribution in [1.29, 1.82) is 0 Å². The highest BCUT2D eigenvalue weighted by Crippen LogP contribution is 2.27. The molecule has 0 radical (unpaired) electrons. The normalized spacial score (nSPS) is 14.2. The van der Waals surface area contributed by atoms with E-state index in [0.29, 0.717) is 6.54 Å². The summed E-state index contributed by atoms with van der Waals surface area (Å²) in [6, 6.07) is 10.3. The van der Waals surface area contributed by atoms with Crippen molar-refractivity contribution < 1.29 is 0 Å². The minimum Gasteiger partial charge on any atom is -0.357 e. The summed E-state index contributed by atoms with van der Waals surface area (Å²) in [6.07, 6.45) is 2.69. The first-order valence-electron chi connectivity index (χ1n) is 7.87. The fourth-order valence-corrected chi connectivity index (χ4v) is 2.90. The van der Waals surface area contributed by atoms with E-state index in [1.54, 1.807) is 11.3 Å². The number of benzene rings is 1. The number of nitrogens with zero attached hydrogens (tertiary/aromatic N) is 2. The second-order valence-corrected chi connectivity index (χ2v) is 6.45. The fraction of sp³-hybridized carbons (Fsp3) is 0.412. The standard InChI is InChI=1S/C17H22N4S.HI/c1-2-18-17(19-10-13-8-9-13)20-11-16-21-15(12-22-16)14-6-4-3-5-7-14;/h3-7,12-13H,2,8-11H2,1H3,(H2,18,19,20);1H. The van der Waals surface area contributed by atoms with Crippen molar-refractivity contribution in [3.05, 3.63) is 40.7 Å². The number of aliphatic imine (C=N–C) groups is 1. The maximum atomic E-state index is 4.68. The highest BCUT2D eigenvalue weighted by Gasteiger charge is 2.21. The molecule has 0 saturated heterocycles. The van der Waals surface area contributed by atoms with Crippen LogP contribution in [0.25, 0.3) is 11.3 Å². The van der Waals surface area contributed by atoms with Crippen LogP contribution < -0.4 is 10.6 Å². The van der Waals surface area contributed by atoms with Crippen LogP contribution in [-0.4, -0.2) is 24.0 Å². The summed E-state index contributed by atoms with van der Waals surface area (Å²) in [4.78, 5) is 9.31. The Morgan fingerprint density at radius 1 is 1.26 bits per heavy atom. The van der Waals surface area contributed by atoms with Gasteiger partial charge in [0.05, 0.1) is 12.2 Å². The van der Waals surface area contributed by atoms with Gasteiger partial charge in [-0.3, -0.25) is 0 Å². The Kier molecular flexibility index (Phi) is 7.29. The predicted molar refractivity (Wildman–Crippen MR) is 109 cm³/mol. The number of hydrogen-bond donors (Lipinski definition) is 2. The first-order valence-corrected chi connectivity index (χ1v) is 8.75. The van der Waals surface area contributed by atoms with E-state index in [2.05, 4.69) is 45.0 Å². The Morgan fingerprint density at radius 3 is 2.74 bits per heavy atom. The summed E-state index contributed by atoms with van der Waals surface area (Å²) in [5.41, 5.74) is 2.19. The van der Waals surface area contributed by atoms with Crippen LogP contribution in [0.2, 0.25) is 0 Å². The molecule has 0 spiro atoms. The van der Waals surface area contributed by atoms with Crippen LogP contribution in [0, 0.1) is 5.92 Å². The second-order valence-electron chi connectivity index (χ2n) is 5.51. The van der Waals surface area contributed by atoms with Crippen LogP contribution in [-0.2, 0) is 6.54 Å². The summed E-state index contributed by atoms with van der Waals surface area (Å²) in [5.74, 6) is 1.74. The molecule has 3 rings (SSSR count). The Morgan fingerprint density at radius 2 is 2.04 bits per heavy atom.